The van der Waals surface area contributed by atoms with Gasteiger partial charge in [-0.05, 0) is 37.1 Å². The van der Waals surface area contributed by atoms with Crippen LogP contribution in [-0.2, 0) is 0 Å². The SMILES string of the molecule is O=C(c1cc(-c2ccc(Cl)cc2)on1)N1CCCCCCC1. The summed E-state index contributed by atoms with van der Waals surface area (Å²) in [6.07, 6.45) is 5.78. The lowest BCUT2D eigenvalue weighted by Gasteiger charge is -2.23. The zero-order valence-corrected chi connectivity index (χ0v) is 13.2. The normalized spacial score (nSPS) is 16.1. The fraction of sp³-hybridized carbons (Fsp3) is 0.412. The zero-order chi connectivity index (χ0) is 15.4. The Morgan fingerprint density at radius 2 is 1.68 bits per heavy atom. The van der Waals surface area contributed by atoms with E-state index in [9.17, 15) is 4.79 Å². The van der Waals surface area contributed by atoms with E-state index in [-0.39, 0.29) is 5.91 Å². The van der Waals surface area contributed by atoms with Crippen LogP contribution < -0.4 is 0 Å². The summed E-state index contributed by atoms with van der Waals surface area (Å²) < 4.78 is 5.32. The second-order valence-electron chi connectivity index (χ2n) is 5.64. The number of carbonyl (C=O) groups excluding carboxylic acids is 1. The van der Waals surface area contributed by atoms with Gasteiger partial charge in [0.15, 0.2) is 11.5 Å². The lowest BCUT2D eigenvalue weighted by atomic mass is 10.1. The minimum Gasteiger partial charge on any atom is -0.355 e. The molecule has 1 aliphatic heterocycles. The van der Waals surface area contributed by atoms with Crippen LogP contribution in [0.3, 0.4) is 0 Å². The van der Waals surface area contributed by atoms with Gasteiger partial charge >= 0.3 is 0 Å². The summed E-state index contributed by atoms with van der Waals surface area (Å²) in [5.74, 6) is 0.554. The molecule has 1 aromatic heterocycles. The van der Waals surface area contributed by atoms with Gasteiger partial charge in [0, 0.05) is 29.7 Å². The maximum Gasteiger partial charge on any atom is 0.276 e. The number of likely N-dealkylation sites (tertiary alicyclic amines) is 1. The van der Waals surface area contributed by atoms with Gasteiger partial charge in [-0.2, -0.15) is 0 Å². The summed E-state index contributed by atoms with van der Waals surface area (Å²) in [6.45, 7) is 1.62. The summed E-state index contributed by atoms with van der Waals surface area (Å²) in [5, 5.41) is 4.61. The molecule has 0 spiro atoms. The molecule has 0 bridgehead atoms. The number of aromatic nitrogens is 1. The van der Waals surface area contributed by atoms with Gasteiger partial charge in [-0.3, -0.25) is 4.79 Å². The summed E-state index contributed by atoms with van der Waals surface area (Å²) in [5.41, 5.74) is 1.24. The van der Waals surface area contributed by atoms with E-state index in [0.717, 1.165) is 31.5 Å². The third kappa shape index (κ3) is 3.50. The fourth-order valence-corrected chi connectivity index (χ4v) is 2.86. The molecule has 2 heterocycles. The molecule has 1 aromatic carbocycles. The van der Waals surface area contributed by atoms with Crippen molar-refractivity contribution in [3.63, 3.8) is 0 Å². The molecule has 2 aromatic rings. The summed E-state index contributed by atoms with van der Waals surface area (Å²) >= 11 is 5.88. The van der Waals surface area contributed by atoms with Crippen LogP contribution in [0.2, 0.25) is 5.02 Å². The van der Waals surface area contributed by atoms with E-state index in [2.05, 4.69) is 5.16 Å². The lowest BCUT2D eigenvalue weighted by Crippen LogP contribution is -2.33. The van der Waals surface area contributed by atoms with E-state index in [1.165, 1.54) is 19.3 Å². The van der Waals surface area contributed by atoms with E-state index in [0.29, 0.717) is 16.5 Å². The quantitative estimate of drug-likeness (QED) is 0.824. The number of carbonyl (C=O) groups is 1. The molecule has 4 nitrogen and oxygen atoms in total. The smallest absolute Gasteiger partial charge is 0.276 e. The topological polar surface area (TPSA) is 46.3 Å². The van der Waals surface area contributed by atoms with Crippen LogP contribution in [0.15, 0.2) is 34.9 Å². The highest BCUT2D eigenvalue weighted by Crippen LogP contribution is 2.23. The molecule has 1 amide bonds. The van der Waals surface area contributed by atoms with E-state index >= 15 is 0 Å². The van der Waals surface area contributed by atoms with E-state index in [1.54, 1.807) is 18.2 Å². The molecule has 0 radical (unpaired) electrons. The first-order valence-corrected chi connectivity index (χ1v) is 8.14. The van der Waals surface area contributed by atoms with E-state index < -0.39 is 0 Å². The van der Waals surface area contributed by atoms with Crippen LogP contribution in [0, 0.1) is 0 Å². The van der Waals surface area contributed by atoms with Gasteiger partial charge in [-0.15, -0.1) is 0 Å². The van der Waals surface area contributed by atoms with Gasteiger partial charge in [0.05, 0.1) is 0 Å². The van der Waals surface area contributed by atoms with Crippen LogP contribution in [0.25, 0.3) is 11.3 Å². The molecule has 0 N–H and O–H groups in total. The molecule has 0 saturated carbocycles. The molecule has 0 aliphatic carbocycles. The number of amides is 1. The van der Waals surface area contributed by atoms with Gasteiger partial charge in [-0.25, -0.2) is 0 Å². The molecule has 1 saturated heterocycles. The van der Waals surface area contributed by atoms with Crippen molar-refractivity contribution in [3.05, 3.63) is 41.0 Å². The molecule has 1 fully saturated rings. The van der Waals surface area contributed by atoms with Crippen LogP contribution in [0.5, 0.6) is 0 Å². The minimum atomic E-state index is -0.0362. The number of halogens is 1. The Morgan fingerprint density at radius 1 is 1.05 bits per heavy atom. The summed E-state index contributed by atoms with van der Waals surface area (Å²) in [4.78, 5) is 14.4. The predicted molar refractivity (Wildman–Crippen MR) is 85.9 cm³/mol. The van der Waals surface area contributed by atoms with Crippen molar-refractivity contribution in [2.75, 3.05) is 13.1 Å². The van der Waals surface area contributed by atoms with Gasteiger partial charge in [0.1, 0.15) is 0 Å². The predicted octanol–water partition coefficient (Wildman–Crippen LogP) is 4.40. The highest BCUT2D eigenvalue weighted by Gasteiger charge is 2.20. The summed E-state index contributed by atoms with van der Waals surface area (Å²) in [6, 6.07) is 9.00. The van der Waals surface area contributed by atoms with Crippen LogP contribution >= 0.6 is 11.6 Å². The Hall–Kier alpha value is -1.81. The number of benzene rings is 1. The van der Waals surface area contributed by atoms with E-state index in [4.69, 9.17) is 16.1 Å². The van der Waals surface area contributed by atoms with Crippen LogP contribution in [0.1, 0.15) is 42.6 Å². The number of hydrogen-bond acceptors (Lipinski definition) is 3. The van der Waals surface area contributed by atoms with Crippen molar-refractivity contribution >= 4 is 17.5 Å². The molecule has 116 valence electrons. The second-order valence-corrected chi connectivity index (χ2v) is 6.08. The average Bonchev–Trinajstić information content (AvgIpc) is 2.97. The van der Waals surface area contributed by atoms with Crippen LogP contribution in [0.4, 0.5) is 0 Å². The van der Waals surface area contributed by atoms with Crippen molar-refractivity contribution < 1.29 is 9.32 Å². The Kier molecular flexibility index (Phi) is 4.78. The number of hydrogen-bond donors (Lipinski definition) is 0. The molecule has 22 heavy (non-hydrogen) atoms. The third-order valence-electron chi connectivity index (χ3n) is 4.00. The Morgan fingerprint density at radius 3 is 2.36 bits per heavy atom. The first kappa shape index (κ1) is 15.1. The molecule has 0 unspecified atom stereocenters. The maximum absolute atomic E-state index is 12.5. The molecule has 5 heteroatoms. The second kappa shape index (κ2) is 6.97. The monoisotopic (exact) mass is 318 g/mol. The van der Waals surface area contributed by atoms with Crippen LogP contribution in [-0.4, -0.2) is 29.1 Å². The number of nitrogens with zero attached hydrogens (tertiary/aromatic N) is 2. The van der Waals surface area contributed by atoms with E-state index in [1.807, 2.05) is 17.0 Å². The van der Waals surface area contributed by atoms with Crippen molar-refractivity contribution in [3.8, 4) is 11.3 Å². The first-order chi connectivity index (χ1) is 10.7. The molecular weight excluding hydrogens is 300 g/mol. The Labute approximate surface area is 135 Å². The van der Waals surface area contributed by atoms with Gasteiger partial charge in [-0.1, -0.05) is 36.0 Å². The molecule has 1 aliphatic rings. The van der Waals surface area contributed by atoms with Gasteiger partial charge in [0.2, 0.25) is 0 Å². The Balaban J connectivity index is 1.74. The molecule has 3 rings (SSSR count). The molecular formula is C17H19ClN2O2. The third-order valence-corrected chi connectivity index (χ3v) is 4.25. The highest BCUT2D eigenvalue weighted by atomic mass is 35.5. The van der Waals surface area contributed by atoms with Crippen molar-refractivity contribution in [2.45, 2.75) is 32.1 Å². The standard InChI is InChI=1S/C17H19ClN2O2/c18-14-8-6-13(7-9-14)16-12-15(19-22-16)17(21)20-10-4-2-1-3-5-11-20/h6-9,12H,1-5,10-11H2. The largest absolute Gasteiger partial charge is 0.355 e. The maximum atomic E-state index is 12.5. The first-order valence-electron chi connectivity index (χ1n) is 7.76. The van der Waals surface area contributed by atoms with Crippen molar-refractivity contribution in [2.24, 2.45) is 0 Å². The van der Waals surface area contributed by atoms with Gasteiger partial charge < -0.3 is 9.42 Å². The number of rotatable bonds is 2. The highest BCUT2D eigenvalue weighted by molar-refractivity contribution is 6.30. The van der Waals surface area contributed by atoms with Gasteiger partial charge in [0.25, 0.3) is 5.91 Å². The average molecular weight is 319 g/mol. The minimum absolute atomic E-state index is 0.0362. The van der Waals surface area contributed by atoms with Crippen molar-refractivity contribution in [1.29, 1.82) is 0 Å². The Bertz CT molecular complexity index is 628. The van der Waals surface area contributed by atoms with Crippen molar-refractivity contribution in [1.82, 2.24) is 10.1 Å². The summed E-state index contributed by atoms with van der Waals surface area (Å²) in [7, 11) is 0. The molecule has 0 atom stereocenters. The fourth-order valence-electron chi connectivity index (χ4n) is 2.74. The lowest BCUT2D eigenvalue weighted by molar-refractivity contribution is 0.0732. The zero-order valence-electron chi connectivity index (χ0n) is 12.4.